The maximum Gasteiger partial charge on any atom is 0.168 e. The molecule has 0 bridgehead atoms. The monoisotopic (exact) mass is 271 g/mol. The van der Waals surface area contributed by atoms with Gasteiger partial charge in [-0.3, -0.25) is 0 Å². The van der Waals surface area contributed by atoms with Crippen molar-refractivity contribution in [3.8, 4) is 0 Å². The second kappa shape index (κ2) is 6.14. The van der Waals surface area contributed by atoms with Gasteiger partial charge in [0.05, 0.1) is 6.61 Å². The van der Waals surface area contributed by atoms with Crippen LogP contribution >= 0.6 is 0 Å². The Hall–Kier alpha value is -1.43. The smallest absolute Gasteiger partial charge is 0.168 e. The third-order valence-corrected chi connectivity index (χ3v) is 3.53. The molecule has 4 nitrogen and oxygen atoms in total. The van der Waals surface area contributed by atoms with E-state index in [2.05, 4.69) is 10.3 Å². The molecule has 106 valence electrons. The summed E-state index contributed by atoms with van der Waals surface area (Å²) in [6.07, 6.45) is 4.09. The molecule has 1 aromatic heterocycles. The van der Waals surface area contributed by atoms with Gasteiger partial charge in [-0.25, -0.2) is 13.8 Å². The molecular weight excluding hydrogens is 252 g/mol. The minimum Gasteiger partial charge on any atom is -0.395 e. The van der Waals surface area contributed by atoms with Gasteiger partial charge in [0.2, 0.25) is 0 Å². The summed E-state index contributed by atoms with van der Waals surface area (Å²) in [5.41, 5.74) is 0. The lowest BCUT2D eigenvalue weighted by Gasteiger charge is -2.30. The molecular formula is C13H19F2N3O. The van der Waals surface area contributed by atoms with E-state index in [0.717, 1.165) is 31.7 Å². The van der Waals surface area contributed by atoms with Gasteiger partial charge in [0.25, 0.3) is 0 Å². The highest BCUT2D eigenvalue weighted by atomic mass is 19.1. The summed E-state index contributed by atoms with van der Waals surface area (Å²) in [7, 11) is 1.54. The first-order valence-corrected chi connectivity index (χ1v) is 6.58. The number of hydrogen-bond acceptors (Lipinski definition) is 4. The van der Waals surface area contributed by atoms with Crippen LogP contribution in [0.2, 0.25) is 0 Å². The van der Waals surface area contributed by atoms with Gasteiger partial charge < -0.3 is 15.3 Å². The Morgan fingerprint density at radius 2 is 2.05 bits per heavy atom. The van der Waals surface area contributed by atoms with Crippen molar-refractivity contribution in [2.24, 2.45) is 0 Å². The molecule has 2 N–H and O–H groups in total. The minimum atomic E-state index is -0.709. The molecule has 0 spiro atoms. The largest absolute Gasteiger partial charge is 0.395 e. The predicted molar refractivity (Wildman–Crippen MR) is 70.4 cm³/mol. The zero-order chi connectivity index (χ0) is 13.8. The first-order chi connectivity index (χ1) is 9.17. The van der Waals surface area contributed by atoms with Gasteiger partial charge in [-0.15, -0.1) is 0 Å². The van der Waals surface area contributed by atoms with E-state index in [0.29, 0.717) is 6.54 Å². The summed E-state index contributed by atoms with van der Waals surface area (Å²) in [4.78, 5) is 5.76. The van der Waals surface area contributed by atoms with E-state index < -0.39 is 11.6 Å². The second-order valence-electron chi connectivity index (χ2n) is 4.73. The van der Waals surface area contributed by atoms with E-state index in [1.807, 2.05) is 0 Å². The van der Waals surface area contributed by atoms with Gasteiger partial charge in [0.15, 0.2) is 23.3 Å². The number of nitrogens with zero attached hydrogens (tertiary/aromatic N) is 2. The van der Waals surface area contributed by atoms with Crippen LogP contribution in [0.25, 0.3) is 0 Å². The zero-order valence-electron chi connectivity index (χ0n) is 11.0. The van der Waals surface area contributed by atoms with E-state index in [1.165, 1.54) is 0 Å². The van der Waals surface area contributed by atoms with Crippen molar-refractivity contribution in [3.05, 3.63) is 17.7 Å². The topological polar surface area (TPSA) is 48.4 Å². The van der Waals surface area contributed by atoms with Gasteiger partial charge in [-0.2, -0.15) is 0 Å². The van der Waals surface area contributed by atoms with Crippen LogP contribution in [0.5, 0.6) is 0 Å². The maximum atomic E-state index is 13.9. The van der Waals surface area contributed by atoms with Crippen LogP contribution in [0, 0.1) is 11.6 Å². The number of nitrogens with one attached hydrogen (secondary N) is 1. The van der Waals surface area contributed by atoms with Crippen molar-refractivity contribution in [1.82, 2.24) is 4.98 Å². The van der Waals surface area contributed by atoms with Gasteiger partial charge in [-0.1, -0.05) is 12.8 Å². The first-order valence-electron chi connectivity index (χ1n) is 6.58. The summed E-state index contributed by atoms with van der Waals surface area (Å²) < 4.78 is 27.4. The fraction of sp³-hybridized carbons (Fsp3) is 0.615. The molecule has 1 fully saturated rings. The summed E-state index contributed by atoms with van der Waals surface area (Å²) in [5, 5.41) is 11.8. The van der Waals surface area contributed by atoms with Crippen molar-refractivity contribution in [2.75, 3.05) is 30.4 Å². The zero-order valence-corrected chi connectivity index (χ0v) is 11.0. The van der Waals surface area contributed by atoms with E-state index in [9.17, 15) is 8.78 Å². The molecule has 0 radical (unpaired) electrons. The molecule has 0 unspecified atom stereocenters. The van der Waals surface area contributed by atoms with Crippen molar-refractivity contribution in [2.45, 2.75) is 31.7 Å². The first kappa shape index (κ1) is 14.0. The molecule has 0 aromatic carbocycles. The van der Waals surface area contributed by atoms with Crippen molar-refractivity contribution >= 4 is 11.6 Å². The lowest BCUT2D eigenvalue weighted by molar-refractivity contribution is 0.296. The molecule has 1 heterocycles. The maximum absolute atomic E-state index is 13.9. The lowest BCUT2D eigenvalue weighted by atomic mass is 10.2. The number of hydrogen-bond donors (Lipinski definition) is 2. The number of halogens is 2. The Morgan fingerprint density at radius 3 is 2.63 bits per heavy atom. The number of aromatic nitrogens is 1. The number of aliphatic hydroxyl groups excluding tert-OH is 1. The molecule has 1 aliphatic carbocycles. The molecule has 1 aliphatic rings. The number of aliphatic hydroxyl groups is 1. The molecule has 0 aliphatic heterocycles. The molecule has 2 rings (SSSR count). The van der Waals surface area contributed by atoms with Crippen LogP contribution in [0.3, 0.4) is 0 Å². The molecule has 19 heavy (non-hydrogen) atoms. The van der Waals surface area contributed by atoms with Crippen molar-refractivity contribution in [3.63, 3.8) is 0 Å². The highest BCUT2D eigenvalue weighted by Crippen LogP contribution is 2.30. The fourth-order valence-corrected chi connectivity index (χ4v) is 2.62. The number of rotatable bonds is 5. The van der Waals surface area contributed by atoms with Crippen LogP contribution < -0.4 is 10.2 Å². The summed E-state index contributed by atoms with van der Waals surface area (Å²) in [5.74, 6) is -1.25. The van der Waals surface area contributed by atoms with Crippen LogP contribution in [0.15, 0.2) is 6.07 Å². The van der Waals surface area contributed by atoms with Gasteiger partial charge in [0, 0.05) is 25.7 Å². The van der Waals surface area contributed by atoms with E-state index in [4.69, 9.17) is 5.11 Å². The van der Waals surface area contributed by atoms with Crippen LogP contribution in [-0.2, 0) is 0 Å². The Morgan fingerprint density at radius 1 is 1.37 bits per heavy atom. The van der Waals surface area contributed by atoms with E-state index >= 15 is 0 Å². The van der Waals surface area contributed by atoms with E-state index in [-0.39, 0.29) is 24.3 Å². The van der Waals surface area contributed by atoms with Crippen molar-refractivity contribution in [1.29, 1.82) is 0 Å². The van der Waals surface area contributed by atoms with Crippen LogP contribution in [-0.4, -0.2) is 36.3 Å². The highest BCUT2D eigenvalue weighted by Gasteiger charge is 2.26. The van der Waals surface area contributed by atoms with Crippen LogP contribution in [0.1, 0.15) is 25.7 Å². The lowest BCUT2D eigenvalue weighted by Crippen LogP contribution is -2.37. The number of anilines is 2. The minimum absolute atomic E-state index is 0.0253. The summed E-state index contributed by atoms with van der Waals surface area (Å²) in [6.45, 7) is 0.229. The molecule has 0 amide bonds. The Balaban J connectivity index is 2.34. The molecule has 1 aromatic rings. The third kappa shape index (κ3) is 2.94. The average Bonchev–Trinajstić information content (AvgIpc) is 2.90. The predicted octanol–water partition coefficient (Wildman–Crippen LogP) is 2.14. The Kier molecular flexibility index (Phi) is 4.52. The van der Waals surface area contributed by atoms with E-state index in [1.54, 1.807) is 11.9 Å². The quantitative estimate of drug-likeness (QED) is 0.861. The average molecular weight is 271 g/mol. The molecule has 1 saturated carbocycles. The number of pyridine rings is 1. The molecule has 0 saturated heterocycles. The summed E-state index contributed by atoms with van der Waals surface area (Å²) in [6, 6.07) is 1.01. The molecule has 0 atom stereocenters. The normalized spacial score (nSPS) is 15.8. The Labute approximate surface area is 111 Å². The van der Waals surface area contributed by atoms with Gasteiger partial charge in [-0.05, 0) is 12.8 Å². The third-order valence-electron chi connectivity index (χ3n) is 3.53. The highest BCUT2D eigenvalue weighted by molar-refractivity contribution is 5.50. The van der Waals surface area contributed by atoms with Gasteiger partial charge >= 0.3 is 0 Å². The fourth-order valence-electron chi connectivity index (χ4n) is 2.62. The van der Waals surface area contributed by atoms with Crippen molar-refractivity contribution < 1.29 is 13.9 Å². The second-order valence-corrected chi connectivity index (χ2v) is 4.73. The standard InChI is InChI=1S/C13H19F2N3O/c1-16-12-10(14)8-11(15)13(17-12)18(6-7-19)9-4-2-3-5-9/h8-9,19H,2-7H2,1H3,(H,16,17). The van der Waals surface area contributed by atoms with Gasteiger partial charge in [0.1, 0.15) is 0 Å². The molecule has 6 heteroatoms. The SMILES string of the molecule is CNc1nc(N(CCO)C2CCCC2)c(F)cc1F. The Bertz CT molecular complexity index is 436. The summed E-state index contributed by atoms with van der Waals surface area (Å²) >= 11 is 0. The van der Waals surface area contributed by atoms with Crippen LogP contribution in [0.4, 0.5) is 20.4 Å².